The molecule has 0 bridgehead atoms. The fourth-order valence-corrected chi connectivity index (χ4v) is 5.52. The van der Waals surface area contributed by atoms with E-state index >= 15 is 0 Å². The molecule has 0 aromatic heterocycles. The van der Waals surface area contributed by atoms with Crippen LogP contribution in [-0.2, 0) is 0 Å². The van der Waals surface area contributed by atoms with Gasteiger partial charge in [-0.25, -0.2) is 0 Å². The molecule has 0 aliphatic heterocycles. The van der Waals surface area contributed by atoms with Gasteiger partial charge < -0.3 is 0 Å². The van der Waals surface area contributed by atoms with Gasteiger partial charge in [0.15, 0.2) is 0 Å². The maximum Gasteiger partial charge on any atom is 0.0629 e. The number of rotatable bonds is 3. The van der Waals surface area contributed by atoms with Crippen LogP contribution < -0.4 is 0 Å². The molecular weight excluding hydrogens is 480 g/mol. The van der Waals surface area contributed by atoms with Crippen LogP contribution in [0.5, 0.6) is 0 Å². The summed E-state index contributed by atoms with van der Waals surface area (Å²) in [6, 6.07) is 13.9. The Morgan fingerprint density at radius 1 is 0.350 bits per heavy atom. The van der Waals surface area contributed by atoms with Gasteiger partial charge in [-0.05, 0) is 82.5 Å². The first kappa shape index (κ1) is 12.8. The molecule has 0 saturated carbocycles. The van der Waals surface area contributed by atoms with E-state index in [2.05, 4.69) is 0 Å². The molecule has 0 saturated heterocycles. The van der Waals surface area contributed by atoms with Gasteiger partial charge >= 0.3 is 0 Å². The molecule has 0 nitrogen and oxygen atoms in total. The number of benzene rings is 8. The average molecular weight is 521 g/mol. The number of fused-ring (bicyclic) bond motifs is 4. The first-order valence-corrected chi connectivity index (χ1v) is 12.7. The lowest BCUT2D eigenvalue weighted by molar-refractivity contribution is 1.65. The monoisotopic (exact) mass is 520 g/mol. The van der Waals surface area contributed by atoms with E-state index in [1.807, 2.05) is 30.3 Å². The third-order valence-corrected chi connectivity index (χ3v) is 7.27. The predicted octanol–water partition coefficient (Wildman–Crippen LogP) is 11.3. The SMILES string of the molecule is [2H]c1cc2c(-c3c([2H])c([2H])cc([2H])c3[2H])c3cc([2H])c([2H])cc3c(-c3c([2H])c([2H])c([2H])c4c(-c5ccc6ccccc6c5)c([2H])c([2H])c([2H])c34)c2cc1[2H]. The van der Waals surface area contributed by atoms with Gasteiger partial charge in [0, 0.05) is 0 Å². The molecule has 8 rings (SSSR count). The molecule has 0 amide bonds. The van der Waals surface area contributed by atoms with Crippen molar-refractivity contribution >= 4 is 43.1 Å². The molecule has 40 heavy (non-hydrogen) atoms. The Bertz CT molecular complexity index is 2890. The van der Waals surface area contributed by atoms with Gasteiger partial charge in [-0.15, -0.1) is 0 Å². The molecule has 0 spiro atoms. The lowest BCUT2D eigenvalue weighted by Crippen LogP contribution is -1.92. The highest BCUT2D eigenvalue weighted by molar-refractivity contribution is 6.24. The molecule has 0 radical (unpaired) electrons. The summed E-state index contributed by atoms with van der Waals surface area (Å²) in [5.74, 6) is 0. The van der Waals surface area contributed by atoms with Crippen LogP contribution in [0.2, 0.25) is 0 Å². The summed E-state index contributed by atoms with van der Waals surface area (Å²) in [7, 11) is 0. The molecule has 0 aliphatic carbocycles. The molecule has 186 valence electrons. The largest absolute Gasteiger partial charge is 0.0629 e. The second kappa shape index (κ2) is 9.22. The molecule has 8 aromatic carbocycles. The second-order valence-corrected chi connectivity index (χ2v) is 9.43. The van der Waals surface area contributed by atoms with Crippen molar-refractivity contribution in [1.29, 1.82) is 0 Å². The van der Waals surface area contributed by atoms with Crippen LogP contribution in [-0.4, -0.2) is 0 Å². The quantitative estimate of drug-likeness (QED) is 0.203. The van der Waals surface area contributed by atoms with Crippen LogP contribution in [0.15, 0.2) is 157 Å². The highest BCUT2D eigenvalue weighted by Crippen LogP contribution is 2.46. The average Bonchev–Trinajstić information content (AvgIpc) is 3.14. The summed E-state index contributed by atoms with van der Waals surface area (Å²) in [5.41, 5.74) is 0.504. The first-order chi connectivity index (χ1) is 25.6. The van der Waals surface area contributed by atoms with Crippen molar-refractivity contribution in [2.75, 3.05) is 0 Å². The third-order valence-electron chi connectivity index (χ3n) is 7.27. The first-order valence-electron chi connectivity index (χ1n) is 19.7. The van der Waals surface area contributed by atoms with Gasteiger partial charge in [0.1, 0.15) is 0 Å². The smallest absolute Gasteiger partial charge is 0.0622 e. The molecule has 0 heteroatoms. The van der Waals surface area contributed by atoms with Crippen LogP contribution in [0.4, 0.5) is 0 Å². The Hall–Kier alpha value is -5.20. The van der Waals surface area contributed by atoms with Crippen molar-refractivity contribution in [1.82, 2.24) is 0 Å². The maximum absolute atomic E-state index is 9.37. The predicted molar refractivity (Wildman–Crippen MR) is 173 cm³/mol. The zero-order valence-electron chi connectivity index (χ0n) is 34.9. The van der Waals surface area contributed by atoms with Gasteiger partial charge in [-0.2, -0.15) is 0 Å². The molecule has 0 unspecified atom stereocenters. The van der Waals surface area contributed by atoms with Gasteiger partial charge in [0.2, 0.25) is 0 Å². The fourth-order valence-electron chi connectivity index (χ4n) is 5.52. The highest BCUT2D eigenvalue weighted by Gasteiger charge is 2.18. The van der Waals surface area contributed by atoms with E-state index in [0.29, 0.717) is 5.56 Å². The van der Waals surface area contributed by atoms with Crippen molar-refractivity contribution in [3.63, 3.8) is 0 Å². The second-order valence-electron chi connectivity index (χ2n) is 9.43. The Labute approximate surface area is 253 Å². The minimum Gasteiger partial charge on any atom is -0.0622 e. The van der Waals surface area contributed by atoms with Crippen molar-refractivity contribution in [3.05, 3.63) is 157 Å². The Morgan fingerprint density at radius 2 is 0.925 bits per heavy atom. The highest BCUT2D eigenvalue weighted by atomic mass is 14.2. The number of hydrogen-bond donors (Lipinski definition) is 0. The van der Waals surface area contributed by atoms with Crippen LogP contribution in [0.1, 0.15) is 19.2 Å². The van der Waals surface area contributed by atoms with E-state index in [4.69, 9.17) is 16.4 Å². The lowest BCUT2D eigenvalue weighted by atomic mass is 9.84. The molecule has 0 fully saturated rings. The van der Waals surface area contributed by atoms with Gasteiger partial charge in [0.25, 0.3) is 0 Å². The Morgan fingerprint density at radius 3 is 1.60 bits per heavy atom. The molecule has 0 N–H and O–H groups in total. The van der Waals surface area contributed by atoms with Gasteiger partial charge in [-0.3, -0.25) is 0 Å². The third kappa shape index (κ3) is 3.54. The normalized spacial score (nSPS) is 16.4. The van der Waals surface area contributed by atoms with Gasteiger partial charge in [0.05, 0.1) is 19.2 Å². The standard InChI is InChI=1S/C40H26/c1-2-13-28(14-3-1)39-35-16-6-8-18-37(35)40(38-19-9-7-17-36(38)39)34-23-11-21-32-31(20-10-22-33(32)34)30-25-24-27-12-4-5-15-29(27)26-30/h1-26H/i2D,3D,6D,7D,8D,9D,10D,11D,13D,14D,20D,21D,22D,23D. The molecule has 0 heterocycles. The Balaban J connectivity index is 1.66. The topological polar surface area (TPSA) is 0 Å². The summed E-state index contributed by atoms with van der Waals surface area (Å²) >= 11 is 0. The summed E-state index contributed by atoms with van der Waals surface area (Å²) in [4.78, 5) is 0. The molecule has 0 atom stereocenters. The molecule has 8 aromatic rings. The number of hydrogen-bond acceptors (Lipinski definition) is 0. The van der Waals surface area contributed by atoms with Crippen LogP contribution in [0.3, 0.4) is 0 Å². The zero-order valence-corrected chi connectivity index (χ0v) is 20.9. The van der Waals surface area contributed by atoms with E-state index in [0.717, 1.165) is 16.8 Å². The van der Waals surface area contributed by atoms with Crippen LogP contribution >= 0.6 is 0 Å². The van der Waals surface area contributed by atoms with Gasteiger partial charge in [-0.1, -0.05) is 151 Å². The summed E-state index contributed by atoms with van der Waals surface area (Å²) in [5, 5.41) is 2.21. The van der Waals surface area contributed by atoms with E-state index in [9.17, 15) is 2.74 Å². The summed E-state index contributed by atoms with van der Waals surface area (Å²) < 4.78 is 124. The van der Waals surface area contributed by atoms with E-state index < -0.39 is 42.3 Å². The maximum atomic E-state index is 9.37. The summed E-state index contributed by atoms with van der Waals surface area (Å²) in [6.07, 6.45) is 0. The molecule has 0 aliphatic rings. The van der Waals surface area contributed by atoms with E-state index in [1.165, 1.54) is 24.3 Å². The minimum atomic E-state index is -0.546. The molecular formula is C40H26. The van der Waals surface area contributed by atoms with Crippen molar-refractivity contribution in [3.8, 4) is 33.4 Å². The van der Waals surface area contributed by atoms with E-state index in [1.54, 1.807) is 12.1 Å². The van der Waals surface area contributed by atoms with Crippen molar-refractivity contribution < 1.29 is 19.2 Å². The Kier molecular flexibility index (Phi) is 2.94. The van der Waals surface area contributed by atoms with E-state index in [-0.39, 0.29) is 102 Å². The van der Waals surface area contributed by atoms with Crippen LogP contribution in [0, 0.1) is 0 Å². The van der Waals surface area contributed by atoms with Crippen molar-refractivity contribution in [2.45, 2.75) is 0 Å². The summed E-state index contributed by atoms with van der Waals surface area (Å²) in [6.45, 7) is 0. The fraction of sp³-hybridized carbons (Fsp3) is 0. The minimum absolute atomic E-state index is 0.0216. The van der Waals surface area contributed by atoms with Crippen molar-refractivity contribution in [2.24, 2.45) is 0 Å². The zero-order chi connectivity index (χ0) is 38.7. The van der Waals surface area contributed by atoms with Crippen LogP contribution in [0.25, 0.3) is 76.5 Å². The lowest BCUT2D eigenvalue weighted by Gasteiger charge is -2.19.